The van der Waals surface area contributed by atoms with E-state index in [1.807, 2.05) is 27.7 Å². The smallest absolute Gasteiger partial charge is 0.129 e. The molecule has 0 bridgehead atoms. The van der Waals surface area contributed by atoms with Gasteiger partial charge in [-0.1, -0.05) is 53.4 Å². The average Bonchev–Trinajstić information content (AvgIpc) is 2.71. The number of aldehydes is 1. The van der Waals surface area contributed by atoms with Crippen LogP contribution >= 0.6 is 0 Å². The normalized spacial score (nSPS) is 13.4. The largest absolute Gasteiger partial charge is 0.303 e. The van der Waals surface area contributed by atoms with Crippen molar-refractivity contribution in [1.82, 2.24) is 0 Å². The lowest BCUT2D eigenvalue weighted by molar-refractivity contribution is -0.117. The van der Waals surface area contributed by atoms with Crippen LogP contribution < -0.4 is 0 Å². The number of unbranched alkanes of at least 4 members (excludes halogenated alkanes) is 3. The minimum atomic E-state index is -0.764. The number of rotatable bonds is 14. The molecule has 0 rings (SSSR count). The summed E-state index contributed by atoms with van der Waals surface area (Å²) in [6, 6.07) is 0. The number of halogens is 2. The van der Waals surface area contributed by atoms with Crippen molar-refractivity contribution in [3.63, 3.8) is 0 Å². The van der Waals surface area contributed by atoms with Gasteiger partial charge < -0.3 is 9.59 Å². The second kappa shape index (κ2) is 23.5. The topological polar surface area (TPSA) is 34.1 Å². The van der Waals surface area contributed by atoms with Gasteiger partial charge in [0.05, 0.1) is 5.83 Å². The number of hydrogen-bond donors (Lipinski definition) is 0. The van der Waals surface area contributed by atoms with Crippen LogP contribution in [0.1, 0.15) is 92.4 Å². The lowest BCUT2D eigenvalue weighted by atomic mass is 9.94. The molecule has 0 N–H and O–H groups in total. The van der Waals surface area contributed by atoms with Crippen molar-refractivity contribution in [1.29, 1.82) is 0 Å². The van der Waals surface area contributed by atoms with Gasteiger partial charge in [-0.25, -0.2) is 8.78 Å². The van der Waals surface area contributed by atoms with Gasteiger partial charge in [0, 0.05) is 18.3 Å². The van der Waals surface area contributed by atoms with Gasteiger partial charge in [-0.2, -0.15) is 0 Å². The minimum Gasteiger partial charge on any atom is -0.303 e. The maximum atomic E-state index is 14.5. The van der Waals surface area contributed by atoms with Gasteiger partial charge >= 0.3 is 0 Å². The molecule has 0 spiro atoms. The van der Waals surface area contributed by atoms with Crippen LogP contribution in [0, 0.1) is 11.8 Å². The van der Waals surface area contributed by atoms with E-state index in [-0.39, 0.29) is 24.5 Å². The van der Waals surface area contributed by atoms with Crippen molar-refractivity contribution in [2.24, 2.45) is 11.8 Å². The highest BCUT2D eigenvalue weighted by atomic mass is 19.1. The highest BCUT2D eigenvalue weighted by Gasteiger charge is 2.16. The number of carbonyl (C=O) groups excluding carboxylic acids is 2. The Bertz CT molecular complexity index is 442. The van der Waals surface area contributed by atoms with Gasteiger partial charge in [0.15, 0.2) is 0 Å². The Labute approximate surface area is 172 Å². The zero-order chi connectivity index (χ0) is 22.4. The Balaban J connectivity index is -0.00000146. The van der Waals surface area contributed by atoms with Crippen LogP contribution in [0.5, 0.6) is 0 Å². The molecule has 28 heavy (non-hydrogen) atoms. The molecule has 0 saturated heterocycles. The van der Waals surface area contributed by atoms with Gasteiger partial charge in [-0.3, -0.25) is 0 Å². The van der Waals surface area contributed by atoms with Crippen molar-refractivity contribution < 1.29 is 18.4 Å². The molecule has 0 aromatic carbocycles. The molecular formula is C24H42F2O2. The van der Waals surface area contributed by atoms with Crippen molar-refractivity contribution in [3.8, 4) is 0 Å². The van der Waals surface area contributed by atoms with Crippen LogP contribution in [-0.2, 0) is 9.59 Å². The molecule has 0 aromatic heterocycles. The van der Waals surface area contributed by atoms with Crippen LogP contribution in [0.15, 0.2) is 37.0 Å². The van der Waals surface area contributed by atoms with E-state index in [1.165, 1.54) is 19.1 Å². The summed E-state index contributed by atoms with van der Waals surface area (Å²) in [7, 11) is 0. The van der Waals surface area contributed by atoms with Gasteiger partial charge in [0.1, 0.15) is 17.9 Å². The molecule has 0 fully saturated rings. The Morgan fingerprint density at radius 3 is 1.96 bits per heavy atom. The quantitative estimate of drug-likeness (QED) is 0.168. The number of carbonyl (C=O) groups is 2. The van der Waals surface area contributed by atoms with E-state index < -0.39 is 17.7 Å². The molecule has 0 heterocycles. The summed E-state index contributed by atoms with van der Waals surface area (Å²) in [6.07, 6.45) is 9.07. The SMILES string of the molecule is C=C.CC.CCCCC/C(F)=C/C(CCC(C)=O)/C(F)=C/C(C=O)CCCC. The summed E-state index contributed by atoms with van der Waals surface area (Å²) in [4.78, 5) is 22.3. The lowest BCUT2D eigenvalue weighted by Crippen LogP contribution is -2.06. The first-order valence-electron chi connectivity index (χ1n) is 10.6. The van der Waals surface area contributed by atoms with Gasteiger partial charge in [0.2, 0.25) is 0 Å². The summed E-state index contributed by atoms with van der Waals surface area (Å²) >= 11 is 0. The van der Waals surface area contributed by atoms with Crippen LogP contribution in [0.4, 0.5) is 8.78 Å². The Hall–Kier alpha value is -1.58. The number of Topliss-reactive ketones (excluding diaryl/α,β-unsaturated/α-hetero) is 1. The molecule has 0 saturated carbocycles. The fourth-order valence-corrected chi connectivity index (χ4v) is 2.46. The summed E-state index contributed by atoms with van der Waals surface area (Å²) in [6.45, 7) is 15.5. The number of hydrogen-bond acceptors (Lipinski definition) is 2. The monoisotopic (exact) mass is 400 g/mol. The summed E-state index contributed by atoms with van der Waals surface area (Å²) in [5, 5.41) is 0. The molecule has 164 valence electrons. The lowest BCUT2D eigenvalue weighted by Gasteiger charge is -2.13. The number of allylic oxidation sites excluding steroid dienone is 4. The van der Waals surface area contributed by atoms with Crippen molar-refractivity contribution in [2.45, 2.75) is 92.4 Å². The summed E-state index contributed by atoms with van der Waals surface area (Å²) in [5.74, 6) is -2.14. The molecule has 0 aromatic rings. The zero-order valence-corrected chi connectivity index (χ0v) is 18.7. The second-order valence-corrected chi connectivity index (χ2v) is 6.41. The highest BCUT2D eigenvalue weighted by Crippen LogP contribution is 2.26. The first-order chi connectivity index (χ1) is 13.4. The first kappa shape index (κ1) is 31.1. The van der Waals surface area contributed by atoms with Crippen molar-refractivity contribution >= 4 is 12.1 Å². The van der Waals surface area contributed by atoms with E-state index in [0.29, 0.717) is 12.8 Å². The van der Waals surface area contributed by atoms with Gasteiger partial charge in [0.25, 0.3) is 0 Å². The van der Waals surface area contributed by atoms with E-state index in [2.05, 4.69) is 13.2 Å². The van der Waals surface area contributed by atoms with E-state index in [9.17, 15) is 18.4 Å². The molecule has 0 aliphatic carbocycles. The van der Waals surface area contributed by atoms with E-state index >= 15 is 0 Å². The third-order valence-electron chi connectivity index (χ3n) is 4.00. The molecule has 0 aliphatic rings. The molecule has 0 radical (unpaired) electrons. The fraction of sp³-hybridized carbons (Fsp3) is 0.667. The molecule has 2 nitrogen and oxygen atoms in total. The Kier molecular flexibility index (Phi) is 26.1. The molecule has 4 heteroatoms. The van der Waals surface area contributed by atoms with Crippen LogP contribution in [0.25, 0.3) is 0 Å². The zero-order valence-electron chi connectivity index (χ0n) is 18.7. The third kappa shape index (κ3) is 19.2. The first-order valence-corrected chi connectivity index (χ1v) is 10.6. The molecule has 0 aliphatic heterocycles. The predicted octanol–water partition coefficient (Wildman–Crippen LogP) is 8.09. The Morgan fingerprint density at radius 2 is 1.50 bits per heavy atom. The second-order valence-electron chi connectivity index (χ2n) is 6.41. The molecule has 2 atom stereocenters. The summed E-state index contributed by atoms with van der Waals surface area (Å²) in [5.41, 5.74) is 0. The third-order valence-corrected chi connectivity index (χ3v) is 4.00. The van der Waals surface area contributed by atoms with Crippen molar-refractivity contribution in [2.75, 3.05) is 0 Å². The maximum absolute atomic E-state index is 14.5. The van der Waals surface area contributed by atoms with Crippen LogP contribution in [0.2, 0.25) is 0 Å². The average molecular weight is 401 g/mol. The van der Waals surface area contributed by atoms with E-state index in [4.69, 9.17) is 0 Å². The standard InChI is InChI=1S/C20H32F2O2.C2H6.C2H4/c1-4-6-8-10-19(21)14-18(12-11-16(3)24)20(22)13-17(15-23)9-7-5-2;2*1-2/h13-15,17-18H,4-12H2,1-3H3;1-2H3;1-2H2/b19-14-,20-13-;;. The molecular weight excluding hydrogens is 358 g/mol. The minimum absolute atomic E-state index is 0.0505. The van der Waals surface area contributed by atoms with Crippen molar-refractivity contribution in [3.05, 3.63) is 37.0 Å². The fourth-order valence-electron chi connectivity index (χ4n) is 2.46. The number of ketones is 1. The summed E-state index contributed by atoms with van der Waals surface area (Å²) < 4.78 is 28.5. The highest BCUT2D eigenvalue weighted by molar-refractivity contribution is 5.75. The maximum Gasteiger partial charge on any atom is 0.129 e. The molecule has 2 unspecified atom stereocenters. The van der Waals surface area contributed by atoms with Crippen LogP contribution in [0.3, 0.4) is 0 Å². The molecule has 0 amide bonds. The predicted molar refractivity (Wildman–Crippen MR) is 118 cm³/mol. The van der Waals surface area contributed by atoms with E-state index in [0.717, 1.165) is 38.4 Å². The Morgan fingerprint density at radius 1 is 0.929 bits per heavy atom. The van der Waals surface area contributed by atoms with Crippen LogP contribution in [-0.4, -0.2) is 12.1 Å². The van der Waals surface area contributed by atoms with Gasteiger partial charge in [-0.05, 0) is 44.8 Å². The van der Waals surface area contributed by atoms with E-state index in [1.54, 1.807) is 0 Å². The van der Waals surface area contributed by atoms with Gasteiger partial charge in [-0.15, -0.1) is 13.2 Å².